The fourth-order valence-corrected chi connectivity index (χ4v) is 9.86. The molecule has 0 bridgehead atoms. The van der Waals surface area contributed by atoms with E-state index in [0.717, 1.165) is 30.4 Å². The number of carbonyl (C=O) groups is 4. The highest BCUT2D eigenvalue weighted by Crippen LogP contribution is 2.59. The van der Waals surface area contributed by atoms with Crippen molar-refractivity contribution < 1.29 is 48.0 Å². The van der Waals surface area contributed by atoms with Crippen LogP contribution < -0.4 is 5.32 Å². The minimum absolute atomic E-state index is 0.00377. The van der Waals surface area contributed by atoms with Crippen molar-refractivity contribution in [3.05, 3.63) is 88.5 Å². The van der Waals surface area contributed by atoms with E-state index in [1.54, 1.807) is 46.0 Å². The van der Waals surface area contributed by atoms with Crippen LogP contribution in [-0.4, -0.2) is 102 Å². The molecule has 7 rings (SSSR count). The van der Waals surface area contributed by atoms with Crippen LogP contribution in [0.25, 0.3) is 6.08 Å². The van der Waals surface area contributed by atoms with Crippen molar-refractivity contribution in [2.45, 2.75) is 147 Å². The van der Waals surface area contributed by atoms with E-state index in [-0.39, 0.29) is 38.1 Å². The molecule has 1 unspecified atom stereocenters. The first kappa shape index (κ1) is 44.7. The van der Waals surface area contributed by atoms with Crippen molar-refractivity contribution in [3.8, 4) is 0 Å². The van der Waals surface area contributed by atoms with Crippen LogP contribution >= 0.6 is 0 Å². The Bertz CT molecular complexity index is 1990. The second kappa shape index (κ2) is 18.2. The third kappa shape index (κ3) is 10.6. The van der Waals surface area contributed by atoms with Gasteiger partial charge in [-0.25, -0.2) is 4.79 Å². The number of rotatable bonds is 13. The van der Waals surface area contributed by atoms with Crippen LogP contribution in [0.15, 0.2) is 71.8 Å². The first-order valence-corrected chi connectivity index (χ1v) is 22.0. The molecular weight excluding hydrogens is 777 g/mol. The Morgan fingerprint density at radius 1 is 1.02 bits per heavy atom. The van der Waals surface area contributed by atoms with Gasteiger partial charge in [0.15, 0.2) is 0 Å². The second-order valence-electron chi connectivity index (χ2n) is 19.6. The summed E-state index contributed by atoms with van der Waals surface area (Å²) >= 11 is 0. The minimum atomic E-state index is -0.977. The summed E-state index contributed by atoms with van der Waals surface area (Å²) in [5.74, 6) is -0.691. The molecule has 0 spiro atoms. The molecule has 2 amide bonds. The van der Waals surface area contributed by atoms with Crippen molar-refractivity contribution in [2.24, 2.45) is 17.3 Å². The molecule has 2 N–H and O–H groups in total. The topological polar surface area (TPSA) is 153 Å². The fraction of sp³-hybridized carbons (Fsp3) is 0.592. The highest BCUT2D eigenvalue weighted by Gasteiger charge is 2.56. The summed E-state index contributed by atoms with van der Waals surface area (Å²) in [5, 5.41) is 13.0. The molecule has 0 radical (unpaired) electrons. The van der Waals surface area contributed by atoms with Gasteiger partial charge in [-0.2, -0.15) is 0 Å². The van der Waals surface area contributed by atoms with Crippen LogP contribution in [0, 0.1) is 17.3 Å². The number of nitrogens with one attached hydrogen (secondary N) is 1. The lowest BCUT2D eigenvalue weighted by Gasteiger charge is -2.53. The van der Waals surface area contributed by atoms with Crippen molar-refractivity contribution in [3.63, 3.8) is 0 Å². The van der Waals surface area contributed by atoms with Crippen molar-refractivity contribution in [1.82, 2.24) is 10.2 Å². The number of benzene rings is 2. The summed E-state index contributed by atoms with van der Waals surface area (Å²) in [5.41, 5.74) is 3.74. The highest BCUT2D eigenvalue weighted by atomic mass is 16.7. The van der Waals surface area contributed by atoms with E-state index in [0.29, 0.717) is 34.5 Å². The number of esters is 2. The number of allylic oxidation sites excluding steroid dienone is 1. The molecule has 5 aliphatic rings. The number of nitrogens with zero attached hydrogens (tertiary/aromatic N) is 1. The molecular formula is C49H64N2O10. The number of ether oxygens (including phenoxy) is 5. The van der Waals surface area contributed by atoms with Crippen LogP contribution in [0.1, 0.15) is 114 Å². The Balaban J connectivity index is 1.02. The van der Waals surface area contributed by atoms with E-state index in [4.69, 9.17) is 23.7 Å². The molecule has 3 aliphatic carbocycles. The summed E-state index contributed by atoms with van der Waals surface area (Å²) in [6, 6.07) is 15.1. The Labute approximate surface area is 360 Å². The zero-order valence-electron chi connectivity index (χ0n) is 36.8. The molecule has 12 heteroatoms. The Kier molecular flexibility index (Phi) is 13.3. The standard InChI is InChI=1S/C49H64N2O10/c1-47(2,3)61-42(53)20-18-35(28-52)50-44(54)38(24-30-11-9-8-10-12-30)51(7)45(55)34-25-39-43(58-29-57-39)40(26-34)59-46(56)32-15-13-31(14-16-32)23-33-17-19-41-49(6,60-41)22-21-37-36(33)27-48(37,4)5/h8-16,23,25,35-41,43,52H,17-22,24,26-29H2,1-7H3,(H,50,54)/t35-,36+,37+,38+,39+,40+,41?,43+,49+/m0/s1. The van der Waals surface area contributed by atoms with Gasteiger partial charge >= 0.3 is 11.9 Å². The van der Waals surface area contributed by atoms with E-state index >= 15 is 0 Å². The van der Waals surface area contributed by atoms with Crippen molar-refractivity contribution >= 4 is 29.8 Å². The number of amides is 2. The molecule has 2 aromatic carbocycles. The summed E-state index contributed by atoms with van der Waals surface area (Å²) in [6.07, 6.45) is 8.19. The highest BCUT2D eigenvalue weighted by molar-refractivity contribution is 5.97. The summed E-state index contributed by atoms with van der Waals surface area (Å²) in [7, 11) is 1.56. The number of aliphatic hydroxyl groups excluding tert-OH is 1. The van der Waals surface area contributed by atoms with Gasteiger partial charge in [0.1, 0.15) is 36.7 Å². The van der Waals surface area contributed by atoms with Gasteiger partial charge in [-0.05, 0) is 113 Å². The molecule has 2 heterocycles. The van der Waals surface area contributed by atoms with Crippen LogP contribution in [-0.2, 0) is 44.5 Å². The summed E-state index contributed by atoms with van der Waals surface area (Å²) < 4.78 is 29.3. The van der Waals surface area contributed by atoms with Gasteiger partial charge in [-0.15, -0.1) is 0 Å². The summed E-state index contributed by atoms with van der Waals surface area (Å²) in [4.78, 5) is 55.8. The molecule has 4 fully saturated rings. The number of likely N-dealkylation sites (N-methyl/N-ethyl adjacent to an activating group) is 1. The molecule has 2 aliphatic heterocycles. The fourth-order valence-electron chi connectivity index (χ4n) is 9.86. The van der Waals surface area contributed by atoms with Gasteiger partial charge in [0.2, 0.25) is 11.8 Å². The number of epoxide rings is 1. The molecule has 0 aromatic heterocycles. The molecule has 9 atom stereocenters. The monoisotopic (exact) mass is 840 g/mol. The Morgan fingerprint density at radius 3 is 2.44 bits per heavy atom. The Hall–Kier alpha value is -4.36. The number of carbonyl (C=O) groups excluding carboxylic acids is 4. The van der Waals surface area contributed by atoms with Crippen LogP contribution in [0.2, 0.25) is 0 Å². The van der Waals surface area contributed by atoms with Gasteiger partial charge in [0, 0.05) is 31.9 Å². The first-order valence-electron chi connectivity index (χ1n) is 22.0. The molecule has 2 saturated heterocycles. The second-order valence-corrected chi connectivity index (χ2v) is 19.6. The van der Waals surface area contributed by atoms with E-state index in [1.807, 2.05) is 42.5 Å². The SMILES string of the molecule is CN(C(=O)C1=C[C@H]2OCO[C@H]2[C@H](OC(=O)c2ccc(C=C3CCC4O[C@]4(C)CC[C@@H]4[C@@H]3CC4(C)C)cc2)C1)[C@H](Cc1ccccc1)C(=O)N[C@H](CO)CCC(=O)OC(C)(C)C. The third-order valence-electron chi connectivity index (χ3n) is 13.5. The van der Waals surface area contributed by atoms with Crippen LogP contribution in [0.3, 0.4) is 0 Å². The normalized spacial score (nSPS) is 29.4. The largest absolute Gasteiger partial charge is 0.460 e. The summed E-state index contributed by atoms with van der Waals surface area (Å²) in [6.45, 7) is 11.9. The average Bonchev–Trinajstić information content (AvgIpc) is 3.59. The lowest BCUT2D eigenvalue weighted by Crippen LogP contribution is -2.53. The first-order chi connectivity index (χ1) is 28.9. The zero-order chi connectivity index (χ0) is 43.7. The minimum Gasteiger partial charge on any atom is -0.460 e. The van der Waals surface area contributed by atoms with Crippen molar-refractivity contribution in [2.75, 3.05) is 20.4 Å². The van der Waals surface area contributed by atoms with E-state index in [9.17, 15) is 24.3 Å². The molecule has 330 valence electrons. The van der Waals surface area contributed by atoms with Gasteiger partial charge in [-0.3, -0.25) is 14.4 Å². The predicted molar refractivity (Wildman–Crippen MR) is 229 cm³/mol. The van der Waals surface area contributed by atoms with Gasteiger partial charge in [0.25, 0.3) is 0 Å². The molecule has 61 heavy (non-hydrogen) atoms. The number of fused-ring (bicyclic) bond motifs is 3. The van der Waals surface area contributed by atoms with Crippen molar-refractivity contribution in [1.29, 1.82) is 0 Å². The average molecular weight is 841 g/mol. The van der Waals surface area contributed by atoms with Crippen LogP contribution in [0.4, 0.5) is 0 Å². The molecule has 2 aromatic rings. The maximum Gasteiger partial charge on any atom is 0.338 e. The van der Waals surface area contributed by atoms with Gasteiger partial charge in [-0.1, -0.05) is 68.0 Å². The van der Waals surface area contributed by atoms with Gasteiger partial charge in [0.05, 0.1) is 29.9 Å². The van der Waals surface area contributed by atoms with Gasteiger partial charge < -0.3 is 39.0 Å². The molecule has 2 saturated carbocycles. The van der Waals surface area contributed by atoms with E-state index in [1.165, 1.54) is 23.3 Å². The predicted octanol–water partition coefficient (Wildman–Crippen LogP) is 6.73. The third-order valence-corrected chi connectivity index (χ3v) is 13.5. The number of aliphatic hydroxyl groups is 1. The van der Waals surface area contributed by atoms with Crippen LogP contribution in [0.5, 0.6) is 0 Å². The Morgan fingerprint density at radius 2 is 1.75 bits per heavy atom. The quantitative estimate of drug-likeness (QED) is 0.164. The lowest BCUT2D eigenvalue weighted by atomic mass is 9.52. The van der Waals surface area contributed by atoms with E-state index < -0.39 is 66.4 Å². The smallest absolute Gasteiger partial charge is 0.338 e. The number of hydrogen-bond acceptors (Lipinski definition) is 10. The maximum absolute atomic E-state index is 14.3. The van der Waals surface area contributed by atoms with E-state index in [2.05, 4.69) is 32.2 Å². The zero-order valence-corrected chi connectivity index (χ0v) is 36.8. The maximum atomic E-state index is 14.3. The lowest BCUT2D eigenvalue weighted by molar-refractivity contribution is -0.155. The molecule has 12 nitrogen and oxygen atoms in total. The number of hydrogen-bond donors (Lipinski definition) is 2.